The molecular formula is C11H11NO2. The third-order valence-electron chi connectivity index (χ3n) is 2.51. The van der Waals surface area contributed by atoms with Gasteiger partial charge in [0.1, 0.15) is 0 Å². The molecule has 0 saturated heterocycles. The van der Waals surface area contributed by atoms with E-state index in [1.165, 1.54) is 0 Å². The van der Waals surface area contributed by atoms with Crippen molar-refractivity contribution in [2.45, 2.75) is 12.5 Å². The molecule has 0 radical (unpaired) electrons. The van der Waals surface area contributed by atoms with Gasteiger partial charge in [-0.3, -0.25) is 4.79 Å². The van der Waals surface area contributed by atoms with E-state index in [2.05, 4.69) is 11.9 Å². The van der Waals surface area contributed by atoms with Crippen LogP contribution in [0.25, 0.3) is 0 Å². The molecule has 1 atom stereocenters. The SMILES string of the molecule is C=C(C)C1(O)C(=O)Nc2ccccc21. The maximum atomic E-state index is 11.6. The van der Waals surface area contributed by atoms with Gasteiger partial charge in [0.05, 0.1) is 0 Å². The molecule has 0 aromatic heterocycles. The second kappa shape index (κ2) is 2.69. The number of hydrogen-bond donors (Lipinski definition) is 2. The molecule has 0 spiro atoms. The quantitative estimate of drug-likeness (QED) is 0.656. The predicted octanol–water partition coefficient (Wildman–Crippen LogP) is 1.40. The van der Waals surface area contributed by atoms with E-state index in [4.69, 9.17) is 0 Å². The number of amides is 1. The van der Waals surface area contributed by atoms with Crippen molar-refractivity contribution in [3.63, 3.8) is 0 Å². The standard InChI is InChI=1S/C11H11NO2/c1-7(2)11(14)8-5-3-4-6-9(8)12-10(11)13/h3-6,14H,1H2,2H3,(H,12,13). The molecule has 14 heavy (non-hydrogen) atoms. The first kappa shape index (κ1) is 8.97. The van der Waals surface area contributed by atoms with E-state index in [0.717, 1.165) is 0 Å². The minimum absolute atomic E-state index is 0.425. The third kappa shape index (κ3) is 0.930. The predicted molar refractivity (Wildman–Crippen MR) is 53.8 cm³/mol. The van der Waals surface area contributed by atoms with Gasteiger partial charge in [-0.1, -0.05) is 24.8 Å². The molecule has 0 bridgehead atoms. The van der Waals surface area contributed by atoms with Crippen LogP contribution in [-0.4, -0.2) is 11.0 Å². The summed E-state index contributed by atoms with van der Waals surface area (Å²) in [6.45, 7) is 5.29. The summed E-state index contributed by atoms with van der Waals surface area (Å²) in [5.41, 5.74) is 0.108. The Morgan fingerprint density at radius 2 is 2.14 bits per heavy atom. The second-order valence-electron chi connectivity index (χ2n) is 3.49. The van der Waals surface area contributed by atoms with E-state index < -0.39 is 11.5 Å². The van der Waals surface area contributed by atoms with Gasteiger partial charge in [0, 0.05) is 11.3 Å². The summed E-state index contributed by atoms with van der Waals surface area (Å²) in [6, 6.07) is 7.08. The number of hydrogen-bond acceptors (Lipinski definition) is 2. The largest absolute Gasteiger partial charge is 0.372 e. The first-order chi connectivity index (χ1) is 6.56. The van der Waals surface area contributed by atoms with Crippen LogP contribution in [-0.2, 0) is 10.4 Å². The molecule has 1 aliphatic rings. The second-order valence-corrected chi connectivity index (χ2v) is 3.49. The summed E-state index contributed by atoms with van der Waals surface area (Å²) < 4.78 is 0. The lowest BCUT2D eigenvalue weighted by Gasteiger charge is -2.20. The summed E-state index contributed by atoms with van der Waals surface area (Å²) in [6.07, 6.45) is 0. The molecule has 0 saturated carbocycles. The first-order valence-electron chi connectivity index (χ1n) is 4.36. The Balaban J connectivity index is 2.66. The van der Waals surface area contributed by atoms with Crippen LogP contribution in [0.5, 0.6) is 0 Å². The van der Waals surface area contributed by atoms with Crippen LogP contribution in [0.4, 0.5) is 5.69 Å². The van der Waals surface area contributed by atoms with Crippen LogP contribution < -0.4 is 5.32 Å². The third-order valence-corrected chi connectivity index (χ3v) is 2.51. The molecule has 2 N–H and O–H groups in total. The fourth-order valence-electron chi connectivity index (χ4n) is 1.67. The van der Waals surface area contributed by atoms with E-state index >= 15 is 0 Å². The average Bonchev–Trinajstić information content (AvgIpc) is 2.41. The molecule has 1 aromatic rings. The summed E-state index contributed by atoms with van der Waals surface area (Å²) in [4.78, 5) is 11.6. The molecule has 3 heteroatoms. The van der Waals surface area contributed by atoms with Crippen LogP contribution in [0.1, 0.15) is 12.5 Å². The first-order valence-corrected chi connectivity index (χ1v) is 4.36. The maximum absolute atomic E-state index is 11.6. The van der Waals surface area contributed by atoms with E-state index in [0.29, 0.717) is 16.8 Å². The van der Waals surface area contributed by atoms with Crippen molar-refractivity contribution in [2.24, 2.45) is 0 Å². The van der Waals surface area contributed by atoms with Crippen molar-refractivity contribution in [1.82, 2.24) is 0 Å². The van der Waals surface area contributed by atoms with Crippen LogP contribution >= 0.6 is 0 Å². The van der Waals surface area contributed by atoms with Gasteiger partial charge in [0.2, 0.25) is 0 Å². The van der Waals surface area contributed by atoms with Gasteiger partial charge < -0.3 is 10.4 Å². The molecule has 3 nitrogen and oxygen atoms in total. The molecule has 1 heterocycles. The highest BCUT2D eigenvalue weighted by Gasteiger charge is 2.45. The van der Waals surface area contributed by atoms with Crippen LogP contribution in [0.2, 0.25) is 0 Å². The van der Waals surface area contributed by atoms with Crippen LogP contribution in [0.3, 0.4) is 0 Å². The van der Waals surface area contributed by atoms with Gasteiger partial charge in [0.15, 0.2) is 5.60 Å². The Kier molecular flexibility index (Phi) is 1.72. The molecule has 1 aliphatic heterocycles. The Hall–Kier alpha value is -1.61. The number of nitrogens with one attached hydrogen (secondary N) is 1. The normalized spacial score (nSPS) is 24.3. The van der Waals surface area contributed by atoms with E-state index in [9.17, 15) is 9.90 Å². The van der Waals surface area contributed by atoms with E-state index in [1.807, 2.05) is 6.07 Å². The Bertz CT molecular complexity index is 425. The minimum Gasteiger partial charge on any atom is -0.372 e. The van der Waals surface area contributed by atoms with Gasteiger partial charge in [-0.05, 0) is 18.6 Å². The minimum atomic E-state index is -1.56. The zero-order chi connectivity index (χ0) is 10.3. The monoisotopic (exact) mass is 189 g/mol. The topological polar surface area (TPSA) is 49.3 Å². The highest BCUT2D eigenvalue weighted by atomic mass is 16.3. The molecule has 1 unspecified atom stereocenters. The van der Waals surface area contributed by atoms with Crippen molar-refractivity contribution in [3.05, 3.63) is 42.0 Å². The van der Waals surface area contributed by atoms with Gasteiger partial charge in [0.25, 0.3) is 5.91 Å². The molecule has 0 fully saturated rings. The molecule has 1 aromatic carbocycles. The molecular weight excluding hydrogens is 178 g/mol. The molecule has 2 rings (SSSR count). The number of anilines is 1. The van der Waals surface area contributed by atoms with Gasteiger partial charge in [-0.25, -0.2) is 0 Å². The van der Waals surface area contributed by atoms with E-state index in [1.54, 1.807) is 25.1 Å². The van der Waals surface area contributed by atoms with Crippen LogP contribution in [0, 0.1) is 0 Å². The van der Waals surface area contributed by atoms with Gasteiger partial charge >= 0.3 is 0 Å². The number of carbonyl (C=O) groups excluding carboxylic acids is 1. The van der Waals surface area contributed by atoms with Gasteiger partial charge in [-0.15, -0.1) is 0 Å². The summed E-state index contributed by atoms with van der Waals surface area (Å²) in [7, 11) is 0. The number of carbonyl (C=O) groups is 1. The lowest BCUT2D eigenvalue weighted by molar-refractivity contribution is -0.130. The number of fused-ring (bicyclic) bond motifs is 1. The van der Waals surface area contributed by atoms with Crippen molar-refractivity contribution >= 4 is 11.6 Å². The Labute approximate surface area is 82.1 Å². The summed E-state index contributed by atoms with van der Waals surface area (Å²) in [5, 5.41) is 12.8. The number of benzene rings is 1. The summed E-state index contributed by atoms with van der Waals surface area (Å²) >= 11 is 0. The number of aliphatic hydroxyl groups is 1. The van der Waals surface area contributed by atoms with E-state index in [-0.39, 0.29) is 0 Å². The smallest absolute Gasteiger partial charge is 0.265 e. The fraction of sp³-hybridized carbons (Fsp3) is 0.182. The summed E-state index contributed by atoms with van der Waals surface area (Å²) in [5.74, 6) is -0.425. The molecule has 0 aliphatic carbocycles. The highest BCUT2D eigenvalue weighted by molar-refractivity contribution is 6.06. The Morgan fingerprint density at radius 1 is 1.50 bits per heavy atom. The van der Waals surface area contributed by atoms with Crippen molar-refractivity contribution in [2.75, 3.05) is 5.32 Å². The average molecular weight is 189 g/mol. The highest BCUT2D eigenvalue weighted by Crippen LogP contribution is 2.39. The zero-order valence-electron chi connectivity index (χ0n) is 7.87. The zero-order valence-corrected chi connectivity index (χ0v) is 7.87. The Morgan fingerprint density at radius 3 is 2.79 bits per heavy atom. The van der Waals surface area contributed by atoms with Crippen molar-refractivity contribution < 1.29 is 9.90 Å². The number of rotatable bonds is 1. The van der Waals surface area contributed by atoms with Crippen molar-refractivity contribution in [1.29, 1.82) is 0 Å². The lowest BCUT2D eigenvalue weighted by atomic mass is 9.89. The van der Waals surface area contributed by atoms with Crippen molar-refractivity contribution in [3.8, 4) is 0 Å². The number of para-hydroxylation sites is 1. The maximum Gasteiger partial charge on any atom is 0.265 e. The van der Waals surface area contributed by atoms with Gasteiger partial charge in [-0.2, -0.15) is 0 Å². The fourth-order valence-corrected chi connectivity index (χ4v) is 1.67. The molecule has 1 amide bonds. The lowest BCUT2D eigenvalue weighted by Crippen LogP contribution is -2.34. The van der Waals surface area contributed by atoms with Crippen LogP contribution in [0.15, 0.2) is 36.4 Å². The molecule has 72 valence electrons.